The van der Waals surface area contributed by atoms with E-state index in [0.29, 0.717) is 35.6 Å². The second-order valence-corrected chi connectivity index (χ2v) is 7.61. The Kier molecular flexibility index (Phi) is 5.51. The third-order valence-electron chi connectivity index (χ3n) is 5.18. The molecule has 1 fully saturated rings. The molecular formula is C20H25N7O3. The summed E-state index contributed by atoms with van der Waals surface area (Å²) in [6, 6.07) is 6.74. The molecule has 1 saturated heterocycles. The number of likely N-dealkylation sites (tertiary alicyclic amines) is 1. The van der Waals surface area contributed by atoms with Crippen molar-refractivity contribution in [2.24, 2.45) is 0 Å². The Labute approximate surface area is 173 Å². The van der Waals surface area contributed by atoms with E-state index in [4.69, 9.17) is 10.5 Å². The number of likely N-dealkylation sites (N-methyl/N-ethyl adjacent to an activating group) is 1. The first-order valence-electron chi connectivity index (χ1n) is 9.72. The number of rotatable bonds is 6. The van der Waals surface area contributed by atoms with Crippen LogP contribution in [0.3, 0.4) is 0 Å². The zero-order chi connectivity index (χ0) is 21.3. The summed E-state index contributed by atoms with van der Waals surface area (Å²) < 4.78 is 7.49. The number of nitrogens with two attached hydrogens (primary N) is 1. The third-order valence-corrected chi connectivity index (χ3v) is 5.18. The lowest BCUT2D eigenvalue weighted by molar-refractivity contribution is 0.0764. The van der Waals surface area contributed by atoms with Crippen molar-refractivity contribution in [2.45, 2.75) is 12.1 Å². The summed E-state index contributed by atoms with van der Waals surface area (Å²) in [5.74, 6) is 0.769. The normalized spacial score (nSPS) is 19.0. The van der Waals surface area contributed by atoms with Crippen molar-refractivity contribution in [3.8, 4) is 5.75 Å². The maximum atomic E-state index is 13.0. The lowest BCUT2D eigenvalue weighted by Crippen LogP contribution is -2.29. The van der Waals surface area contributed by atoms with Crippen LogP contribution < -0.4 is 10.5 Å². The molecule has 0 saturated carbocycles. The number of benzene rings is 1. The summed E-state index contributed by atoms with van der Waals surface area (Å²) in [4.78, 5) is 29.1. The fraction of sp³-hybridized carbons (Fsp3) is 0.400. The van der Waals surface area contributed by atoms with Gasteiger partial charge in [-0.25, -0.2) is 15.0 Å². The highest BCUT2D eigenvalue weighted by Gasteiger charge is 2.36. The SMILES string of the molecule is CN(C)CCOc1cccc(C(=O)N2C[C@H](O)[C@@H](n3cnc4c(N)ncnc43)C2)c1. The van der Waals surface area contributed by atoms with Crippen molar-refractivity contribution >= 4 is 22.9 Å². The minimum atomic E-state index is -0.748. The third kappa shape index (κ3) is 3.91. The van der Waals surface area contributed by atoms with Crippen LogP contribution in [0.15, 0.2) is 36.9 Å². The Bertz CT molecular complexity index is 1050. The van der Waals surface area contributed by atoms with Gasteiger partial charge < -0.3 is 29.9 Å². The van der Waals surface area contributed by atoms with Crippen LogP contribution in [0.5, 0.6) is 5.75 Å². The predicted molar refractivity (Wildman–Crippen MR) is 111 cm³/mol. The minimum absolute atomic E-state index is 0.159. The largest absolute Gasteiger partial charge is 0.492 e. The van der Waals surface area contributed by atoms with E-state index in [-0.39, 0.29) is 24.3 Å². The summed E-state index contributed by atoms with van der Waals surface area (Å²) >= 11 is 0. The van der Waals surface area contributed by atoms with Crippen molar-refractivity contribution in [2.75, 3.05) is 46.1 Å². The number of β-amino-alcohol motifs (C(OH)–C–C–N with tert-alkyl or cyclic N) is 1. The van der Waals surface area contributed by atoms with E-state index >= 15 is 0 Å². The first-order valence-corrected chi connectivity index (χ1v) is 9.72. The second kappa shape index (κ2) is 8.25. The van der Waals surface area contributed by atoms with Gasteiger partial charge in [-0.3, -0.25) is 4.79 Å². The number of nitrogens with zero attached hydrogens (tertiary/aromatic N) is 6. The average molecular weight is 411 g/mol. The molecule has 1 aromatic carbocycles. The number of aromatic nitrogens is 4. The van der Waals surface area contributed by atoms with Gasteiger partial charge in [0.25, 0.3) is 5.91 Å². The number of carbonyl (C=O) groups is 1. The maximum Gasteiger partial charge on any atom is 0.254 e. The number of hydrogen-bond acceptors (Lipinski definition) is 8. The molecule has 30 heavy (non-hydrogen) atoms. The number of aliphatic hydroxyl groups excluding tert-OH is 1. The molecule has 10 nitrogen and oxygen atoms in total. The van der Waals surface area contributed by atoms with Crippen LogP contribution >= 0.6 is 0 Å². The molecule has 0 bridgehead atoms. The van der Waals surface area contributed by atoms with Gasteiger partial charge in [0.05, 0.1) is 18.5 Å². The van der Waals surface area contributed by atoms with Crippen LogP contribution in [0.2, 0.25) is 0 Å². The summed E-state index contributed by atoms with van der Waals surface area (Å²) in [6.45, 7) is 1.87. The Morgan fingerprint density at radius 3 is 2.93 bits per heavy atom. The van der Waals surface area contributed by atoms with E-state index in [2.05, 4.69) is 15.0 Å². The van der Waals surface area contributed by atoms with Crippen LogP contribution in [0.25, 0.3) is 11.2 Å². The Hall–Kier alpha value is -3.24. The lowest BCUT2D eigenvalue weighted by Gasteiger charge is -2.18. The topological polar surface area (TPSA) is 123 Å². The number of amides is 1. The molecule has 3 heterocycles. The zero-order valence-corrected chi connectivity index (χ0v) is 17.0. The molecule has 0 spiro atoms. The quantitative estimate of drug-likeness (QED) is 0.598. The number of fused-ring (bicyclic) bond motifs is 1. The molecule has 3 N–H and O–H groups in total. The molecule has 10 heteroatoms. The molecule has 2 aromatic heterocycles. The maximum absolute atomic E-state index is 13.0. The van der Waals surface area contributed by atoms with Crippen LogP contribution in [0.1, 0.15) is 16.4 Å². The Balaban J connectivity index is 1.49. The number of anilines is 1. The molecule has 158 valence electrons. The molecule has 3 aromatic rings. The monoisotopic (exact) mass is 411 g/mol. The second-order valence-electron chi connectivity index (χ2n) is 7.61. The van der Waals surface area contributed by atoms with Gasteiger partial charge in [0.15, 0.2) is 11.5 Å². The Morgan fingerprint density at radius 2 is 2.13 bits per heavy atom. The van der Waals surface area contributed by atoms with Crippen LogP contribution in [0.4, 0.5) is 5.82 Å². The fourth-order valence-electron chi connectivity index (χ4n) is 3.57. The molecular weight excluding hydrogens is 386 g/mol. The van der Waals surface area contributed by atoms with E-state index in [9.17, 15) is 9.90 Å². The van der Waals surface area contributed by atoms with Gasteiger partial charge in [-0.15, -0.1) is 0 Å². The van der Waals surface area contributed by atoms with Crippen molar-refractivity contribution in [3.05, 3.63) is 42.5 Å². The summed E-state index contributed by atoms with van der Waals surface area (Å²) in [5, 5.41) is 10.6. The highest BCUT2D eigenvalue weighted by molar-refractivity contribution is 5.95. The number of ether oxygens (including phenoxy) is 1. The van der Waals surface area contributed by atoms with E-state index in [0.717, 1.165) is 6.54 Å². The van der Waals surface area contributed by atoms with E-state index < -0.39 is 6.10 Å². The number of nitrogen functional groups attached to an aromatic ring is 1. The highest BCUT2D eigenvalue weighted by atomic mass is 16.5. The molecule has 1 amide bonds. The molecule has 4 rings (SSSR count). The number of aliphatic hydroxyl groups is 1. The minimum Gasteiger partial charge on any atom is -0.492 e. The summed E-state index contributed by atoms with van der Waals surface area (Å²) in [5.41, 5.74) is 7.39. The predicted octanol–water partition coefficient (Wildman–Crippen LogP) is 0.407. The number of carbonyl (C=O) groups excluding carboxylic acids is 1. The highest BCUT2D eigenvalue weighted by Crippen LogP contribution is 2.28. The molecule has 0 radical (unpaired) electrons. The van der Waals surface area contributed by atoms with Crippen molar-refractivity contribution < 1.29 is 14.6 Å². The van der Waals surface area contributed by atoms with Crippen molar-refractivity contribution in [1.82, 2.24) is 29.3 Å². The molecule has 2 atom stereocenters. The number of hydrogen-bond donors (Lipinski definition) is 2. The molecule has 0 aliphatic carbocycles. The summed E-state index contributed by atoms with van der Waals surface area (Å²) in [7, 11) is 3.95. The van der Waals surface area contributed by atoms with Gasteiger partial charge in [0, 0.05) is 25.2 Å². The van der Waals surface area contributed by atoms with Crippen LogP contribution in [-0.4, -0.2) is 86.8 Å². The van der Waals surface area contributed by atoms with E-state index in [1.54, 1.807) is 34.0 Å². The van der Waals surface area contributed by atoms with Gasteiger partial charge in [-0.1, -0.05) is 6.07 Å². The smallest absolute Gasteiger partial charge is 0.254 e. The first kappa shape index (κ1) is 20.0. The summed E-state index contributed by atoms with van der Waals surface area (Å²) in [6.07, 6.45) is 2.20. The molecule has 1 aliphatic heterocycles. The number of imidazole rings is 1. The van der Waals surface area contributed by atoms with Crippen LogP contribution in [-0.2, 0) is 0 Å². The fourth-order valence-corrected chi connectivity index (χ4v) is 3.57. The van der Waals surface area contributed by atoms with Gasteiger partial charge in [0.1, 0.15) is 24.2 Å². The van der Waals surface area contributed by atoms with Crippen molar-refractivity contribution in [1.29, 1.82) is 0 Å². The molecule has 0 unspecified atom stereocenters. The molecule has 1 aliphatic rings. The lowest BCUT2D eigenvalue weighted by atomic mass is 10.2. The first-order chi connectivity index (χ1) is 14.4. The van der Waals surface area contributed by atoms with Gasteiger partial charge in [-0.05, 0) is 32.3 Å². The zero-order valence-electron chi connectivity index (χ0n) is 17.0. The van der Waals surface area contributed by atoms with E-state index in [1.165, 1.54) is 6.33 Å². The Morgan fingerprint density at radius 1 is 1.30 bits per heavy atom. The van der Waals surface area contributed by atoms with Gasteiger partial charge in [-0.2, -0.15) is 0 Å². The van der Waals surface area contributed by atoms with Crippen molar-refractivity contribution in [3.63, 3.8) is 0 Å². The van der Waals surface area contributed by atoms with E-state index in [1.807, 2.05) is 25.1 Å². The van der Waals surface area contributed by atoms with Crippen LogP contribution in [0, 0.1) is 0 Å². The van der Waals surface area contributed by atoms with Gasteiger partial charge in [0.2, 0.25) is 0 Å². The standard InChI is InChI=1S/C20H25N7O3/c1-25(2)6-7-30-14-5-3-4-13(8-14)20(29)26-9-15(16(28)10-26)27-12-24-17-18(21)22-11-23-19(17)27/h3-5,8,11-12,15-16,28H,6-7,9-10H2,1-2H3,(H2,21,22,23)/t15-,16-/m0/s1. The average Bonchev–Trinajstić information content (AvgIpc) is 3.31. The van der Waals surface area contributed by atoms with Gasteiger partial charge >= 0.3 is 0 Å².